The van der Waals surface area contributed by atoms with Crippen LogP contribution in [-0.2, 0) is 9.59 Å². The summed E-state index contributed by atoms with van der Waals surface area (Å²) in [7, 11) is 1.42. The molecule has 13 heavy (non-hydrogen) atoms. The number of nitrogens with zero attached hydrogens (tertiary/aromatic N) is 2. The van der Waals surface area contributed by atoms with E-state index in [0.29, 0.717) is 6.41 Å². The standard InChI is InChI=1S/C6H7N3O3S/c1-9(3-10)4(5(11)12)2-13-6(9)8-7/h2-3H,7H2,1H3/p+1. The molecule has 0 saturated heterocycles. The lowest BCUT2D eigenvalue weighted by molar-refractivity contribution is -0.677. The van der Waals surface area contributed by atoms with Crippen LogP contribution < -0.4 is 5.84 Å². The molecule has 0 aliphatic carbocycles. The number of nitrogens with two attached hydrogens (primary N) is 1. The fourth-order valence-corrected chi connectivity index (χ4v) is 1.89. The predicted octanol–water partition coefficient (Wildman–Crippen LogP) is -0.508. The Hall–Kier alpha value is -1.34. The van der Waals surface area contributed by atoms with Gasteiger partial charge in [-0.25, -0.2) is 9.59 Å². The number of carbonyl (C=O) groups excluding carboxylic acids is 1. The Balaban J connectivity index is 3.17. The molecular weight excluding hydrogens is 194 g/mol. The molecule has 1 rings (SSSR count). The van der Waals surface area contributed by atoms with E-state index in [1.54, 1.807) is 0 Å². The van der Waals surface area contributed by atoms with Crippen LogP contribution in [0, 0.1) is 0 Å². The van der Waals surface area contributed by atoms with Crippen LogP contribution in [0.3, 0.4) is 0 Å². The summed E-state index contributed by atoms with van der Waals surface area (Å²) in [5.41, 5.74) is -0.0517. The van der Waals surface area contributed by atoms with E-state index in [0.717, 1.165) is 11.8 Å². The summed E-state index contributed by atoms with van der Waals surface area (Å²) in [6, 6.07) is 0. The van der Waals surface area contributed by atoms with Crippen LogP contribution in [0.1, 0.15) is 0 Å². The van der Waals surface area contributed by atoms with Crippen molar-refractivity contribution in [1.29, 1.82) is 0 Å². The van der Waals surface area contributed by atoms with Crippen molar-refractivity contribution in [3.05, 3.63) is 11.1 Å². The molecule has 0 aromatic rings. The van der Waals surface area contributed by atoms with E-state index in [1.807, 2.05) is 0 Å². The van der Waals surface area contributed by atoms with Gasteiger partial charge in [0, 0.05) is 0 Å². The number of hydrazone groups is 1. The van der Waals surface area contributed by atoms with Gasteiger partial charge in [0.2, 0.25) is 5.70 Å². The number of amides is 1. The maximum atomic E-state index is 10.7. The summed E-state index contributed by atoms with van der Waals surface area (Å²) in [4.78, 5) is 21.4. The monoisotopic (exact) mass is 202 g/mol. The third kappa shape index (κ3) is 1.31. The number of thioether (sulfide) groups is 1. The van der Waals surface area contributed by atoms with E-state index in [-0.39, 0.29) is 10.9 Å². The van der Waals surface area contributed by atoms with Gasteiger partial charge in [-0.2, -0.15) is 4.48 Å². The van der Waals surface area contributed by atoms with Gasteiger partial charge in [0.15, 0.2) is 0 Å². The molecule has 7 heteroatoms. The van der Waals surface area contributed by atoms with Crippen LogP contribution in [-0.4, -0.2) is 34.2 Å². The summed E-state index contributed by atoms with van der Waals surface area (Å²) in [6.45, 7) is 0. The average Bonchev–Trinajstić information content (AvgIpc) is 2.43. The van der Waals surface area contributed by atoms with E-state index >= 15 is 0 Å². The normalized spacial score (nSPS) is 30.2. The number of likely N-dealkylation sites (N-methyl/N-ethyl adjacent to an activating group) is 1. The van der Waals surface area contributed by atoms with Crippen molar-refractivity contribution in [3.63, 3.8) is 0 Å². The van der Waals surface area contributed by atoms with E-state index in [9.17, 15) is 9.59 Å². The lowest BCUT2D eigenvalue weighted by atomic mass is 10.4. The predicted molar refractivity (Wildman–Crippen MR) is 47.2 cm³/mol. The molecule has 0 aromatic heterocycles. The first-order chi connectivity index (χ1) is 6.06. The first-order valence-electron chi connectivity index (χ1n) is 3.28. The average molecular weight is 202 g/mol. The molecule has 3 N–H and O–H groups in total. The molecule has 6 nitrogen and oxygen atoms in total. The van der Waals surface area contributed by atoms with Gasteiger partial charge in [-0.1, -0.05) is 0 Å². The van der Waals surface area contributed by atoms with E-state index in [2.05, 4.69) is 5.10 Å². The van der Waals surface area contributed by atoms with Gasteiger partial charge >= 0.3 is 12.4 Å². The quantitative estimate of drug-likeness (QED) is 0.272. The number of rotatable bonds is 2. The number of amidine groups is 1. The van der Waals surface area contributed by atoms with Gasteiger partial charge in [-0.3, -0.25) is 0 Å². The number of hydrogen-bond acceptors (Lipinski definition) is 5. The molecule has 1 heterocycles. The maximum absolute atomic E-state index is 10.7. The zero-order valence-electron chi connectivity index (χ0n) is 6.80. The minimum Gasteiger partial charge on any atom is -0.474 e. The Morgan fingerprint density at radius 3 is 2.85 bits per heavy atom. The third-order valence-corrected chi connectivity index (χ3v) is 2.75. The second-order valence-electron chi connectivity index (χ2n) is 2.52. The molecule has 1 aliphatic heterocycles. The number of carboxylic acids is 1. The SMILES string of the molecule is C[N+]1(C=O)C(C(=O)O)=CSC1=NN. The van der Waals surface area contributed by atoms with Gasteiger partial charge in [0.05, 0.1) is 12.5 Å². The highest BCUT2D eigenvalue weighted by Crippen LogP contribution is 2.30. The minimum absolute atomic E-state index is 0.0517. The summed E-state index contributed by atoms with van der Waals surface area (Å²) in [6.07, 6.45) is 0.478. The summed E-state index contributed by atoms with van der Waals surface area (Å²) in [5.74, 6) is 3.86. The van der Waals surface area contributed by atoms with Gasteiger partial charge in [-0.15, -0.1) is 5.10 Å². The van der Waals surface area contributed by atoms with Crippen molar-refractivity contribution >= 4 is 29.3 Å². The van der Waals surface area contributed by atoms with Gasteiger partial charge in [0.25, 0.3) is 5.17 Å². The molecule has 0 fully saturated rings. The molecule has 0 saturated carbocycles. The molecular formula is C6H8N3O3S+. The van der Waals surface area contributed by atoms with Crippen LogP contribution in [0.2, 0.25) is 0 Å². The van der Waals surface area contributed by atoms with Gasteiger partial charge in [0.1, 0.15) is 0 Å². The number of carboxylic acid groups (broad SMARTS) is 1. The van der Waals surface area contributed by atoms with Crippen LogP contribution in [0.15, 0.2) is 16.2 Å². The molecule has 1 atom stereocenters. The Morgan fingerprint density at radius 2 is 2.46 bits per heavy atom. The van der Waals surface area contributed by atoms with Gasteiger partial charge < -0.3 is 10.9 Å². The summed E-state index contributed by atoms with van der Waals surface area (Å²) in [5, 5.41) is 13.7. The second kappa shape index (κ2) is 3.19. The van der Waals surface area contributed by atoms with Crippen LogP contribution in [0.5, 0.6) is 0 Å². The molecule has 1 unspecified atom stereocenters. The molecule has 0 aromatic carbocycles. The molecule has 70 valence electrons. The zero-order chi connectivity index (χ0) is 10.1. The Morgan fingerprint density at radius 1 is 1.85 bits per heavy atom. The largest absolute Gasteiger partial charge is 0.474 e. The highest BCUT2D eigenvalue weighted by molar-refractivity contribution is 8.16. The highest BCUT2D eigenvalue weighted by atomic mass is 32.2. The Labute approximate surface area is 78.3 Å². The first-order valence-corrected chi connectivity index (χ1v) is 4.16. The van der Waals surface area contributed by atoms with Crippen molar-refractivity contribution in [1.82, 2.24) is 0 Å². The van der Waals surface area contributed by atoms with Gasteiger partial charge in [-0.05, 0) is 11.8 Å². The Kier molecular flexibility index (Phi) is 2.39. The first kappa shape index (κ1) is 9.75. The minimum atomic E-state index is -1.15. The second-order valence-corrected chi connectivity index (χ2v) is 3.36. The summed E-state index contributed by atoms with van der Waals surface area (Å²) >= 11 is 1.03. The van der Waals surface area contributed by atoms with Crippen LogP contribution in [0.4, 0.5) is 0 Å². The lowest BCUT2D eigenvalue weighted by Gasteiger charge is -2.19. The smallest absolute Gasteiger partial charge is 0.392 e. The fraction of sp³-hybridized carbons (Fsp3) is 0.167. The van der Waals surface area contributed by atoms with Crippen LogP contribution in [0.25, 0.3) is 0 Å². The molecule has 0 spiro atoms. The van der Waals surface area contributed by atoms with Crippen molar-refractivity contribution in [3.8, 4) is 0 Å². The number of carbonyl (C=O) groups is 2. The number of hydrogen-bond donors (Lipinski definition) is 2. The molecule has 1 aliphatic rings. The molecule has 1 amide bonds. The van der Waals surface area contributed by atoms with Crippen LogP contribution >= 0.6 is 11.8 Å². The number of quaternary nitrogens is 1. The topological polar surface area (TPSA) is 92.8 Å². The van der Waals surface area contributed by atoms with Crippen molar-refractivity contribution in [2.24, 2.45) is 10.9 Å². The lowest BCUT2D eigenvalue weighted by Crippen LogP contribution is -2.45. The maximum Gasteiger partial charge on any atom is 0.392 e. The van der Waals surface area contributed by atoms with Crippen molar-refractivity contribution in [2.45, 2.75) is 0 Å². The zero-order valence-corrected chi connectivity index (χ0v) is 7.61. The summed E-state index contributed by atoms with van der Waals surface area (Å²) < 4.78 is -0.503. The fourth-order valence-electron chi connectivity index (χ4n) is 0.932. The van der Waals surface area contributed by atoms with Crippen molar-refractivity contribution in [2.75, 3.05) is 7.05 Å². The van der Waals surface area contributed by atoms with E-state index in [4.69, 9.17) is 10.9 Å². The van der Waals surface area contributed by atoms with E-state index < -0.39 is 10.5 Å². The molecule has 0 bridgehead atoms. The van der Waals surface area contributed by atoms with E-state index in [1.165, 1.54) is 12.5 Å². The third-order valence-electron chi connectivity index (χ3n) is 1.71. The highest BCUT2D eigenvalue weighted by Gasteiger charge is 2.44. The number of aliphatic carboxylic acids is 1. The van der Waals surface area contributed by atoms with Crippen molar-refractivity contribution < 1.29 is 19.2 Å². The Bertz CT molecular complexity index is 325. The molecule has 0 radical (unpaired) electrons.